The summed E-state index contributed by atoms with van der Waals surface area (Å²) in [6, 6.07) is 5.78. The van der Waals surface area contributed by atoms with E-state index in [-0.39, 0.29) is 0 Å². The van der Waals surface area contributed by atoms with Gasteiger partial charge in [0.1, 0.15) is 5.75 Å². The Morgan fingerprint density at radius 3 is 2.67 bits per heavy atom. The van der Waals surface area contributed by atoms with Crippen molar-refractivity contribution in [1.82, 2.24) is 4.90 Å². The van der Waals surface area contributed by atoms with Crippen LogP contribution in [0.4, 0.5) is 0 Å². The fourth-order valence-electron chi connectivity index (χ4n) is 1.59. The maximum absolute atomic E-state index is 9.84. The Balaban J connectivity index is 2.74. The summed E-state index contributed by atoms with van der Waals surface area (Å²) in [5, 5.41) is 9.84. The predicted molar refractivity (Wildman–Crippen MR) is 67.0 cm³/mol. The Kier molecular flexibility index (Phi) is 5.12. The highest BCUT2D eigenvalue weighted by molar-refractivity contribution is 9.10. The van der Waals surface area contributed by atoms with E-state index in [0.29, 0.717) is 5.75 Å². The van der Waals surface area contributed by atoms with Crippen LogP contribution < -0.4 is 0 Å². The topological polar surface area (TPSA) is 23.5 Å². The van der Waals surface area contributed by atoms with Crippen LogP contribution in [0.3, 0.4) is 0 Å². The van der Waals surface area contributed by atoms with Crippen molar-refractivity contribution in [3.05, 3.63) is 28.2 Å². The zero-order valence-electron chi connectivity index (χ0n) is 9.33. The first-order valence-corrected chi connectivity index (χ1v) is 6.17. The quantitative estimate of drug-likeness (QED) is 0.888. The van der Waals surface area contributed by atoms with Crippen molar-refractivity contribution in [1.29, 1.82) is 0 Å². The number of phenolic OH excluding ortho intramolecular Hbond substituents is 1. The third-order valence-electron chi connectivity index (χ3n) is 2.45. The summed E-state index contributed by atoms with van der Waals surface area (Å²) >= 11 is 3.33. The molecule has 0 saturated heterocycles. The first-order chi connectivity index (χ1) is 7.19. The highest BCUT2D eigenvalue weighted by Crippen LogP contribution is 2.28. The molecule has 3 heteroatoms. The summed E-state index contributed by atoms with van der Waals surface area (Å²) in [5.74, 6) is 0.368. The van der Waals surface area contributed by atoms with Gasteiger partial charge in [0.15, 0.2) is 0 Å². The SMILES string of the molecule is CCCN(CC)Cc1cccc(Br)c1O. The summed E-state index contributed by atoms with van der Waals surface area (Å²) in [6.45, 7) is 7.21. The van der Waals surface area contributed by atoms with Crippen molar-refractivity contribution < 1.29 is 5.11 Å². The van der Waals surface area contributed by atoms with E-state index in [0.717, 1.165) is 36.1 Å². The van der Waals surface area contributed by atoms with E-state index in [1.54, 1.807) is 0 Å². The Hall–Kier alpha value is -0.540. The molecule has 0 fully saturated rings. The third-order valence-corrected chi connectivity index (χ3v) is 3.09. The molecule has 2 nitrogen and oxygen atoms in total. The predicted octanol–water partition coefficient (Wildman–Crippen LogP) is 3.39. The summed E-state index contributed by atoms with van der Waals surface area (Å²) in [4.78, 5) is 2.32. The van der Waals surface area contributed by atoms with Gasteiger partial charge in [-0.05, 0) is 41.5 Å². The zero-order valence-corrected chi connectivity index (χ0v) is 10.9. The van der Waals surface area contributed by atoms with Gasteiger partial charge in [-0.3, -0.25) is 4.90 Å². The number of rotatable bonds is 5. The number of hydrogen-bond acceptors (Lipinski definition) is 2. The van der Waals surface area contributed by atoms with E-state index in [9.17, 15) is 5.11 Å². The second-order valence-corrected chi connectivity index (χ2v) is 4.47. The molecule has 1 aromatic rings. The Morgan fingerprint density at radius 2 is 2.07 bits per heavy atom. The van der Waals surface area contributed by atoms with Gasteiger partial charge in [0.05, 0.1) is 4.47 Å². The maximum atomic E-state index is 9.84. The van der Waals surface area contributed by atoms with Gasteiger partial charge in [-0.1, -0.05) is 26.0 Å². The normalized spacial score (nSPS) is 10.9. The first-order valence-electron chi connectivity index (χ1n) is 5.37. The molecule has 0 aliphatic rings. The van der Waals surface area contributed by atoms with Crippen LogP contribution in [-0.4, -0.2) is 23.1 Å². The first kappa shape index (κ1) is 12.5. The average Bonchev–Trinajstić information content (AvgIpc) is 2.24. The molecule has 0 amide bonds. The Bertz CT molecular complexity index is 314. The molecule has 0 aromatic heterocycles. The lowest BCUT2D eigenvalue weighted by molar-refractivity contribution is 0.276. The monoisotopic (exact) mass is 271 g/mol. The molecule has 84 valence electrons. The number of hydrogen-bond donors (Lipinski definition) is 1. The van der Waals surface area contributed by atoms with Crippen molar-refractivity contribution in [3.8, 4) is 5.75 Å². The molecule has 0 unspecified atom stereocenters. The van der Waals surface area contributed by atoms with Crippen molar-refractivity contribution in [2.24, 2.45) is 0 Å². The number of para-hydroxylation sites is 1. The number of nitrogens with zero attached hydrogens (tertiary/aromatic N) is 1. The van der Waals surface area contributed by atoms with Crippen LogP contribution in [0.5, 0.6) is 5.75 Å². The minimum absolute atomic E-state index is 0.368. The molecule has 0 radical (unpaired) electrons. The molecule has 0 bridgehead atoms. The molecule has 0 atom stereocenters. The highest BCUT2D eigenvalue weighted by atomic mass is 79.9. The number of benzene rings is 1. The van der Waals surface area contributed by atoms with Crippen LogP contribution in [0.1, 0.15) is 25.8 Å². The average molecular weight is 272 g/mol. The third kappa shape index (κ3) is 3.50. The van der Waals surface area contributed by atoms with Crippen molar-refractivity contribution in [2.75, 3.05) is 13.1 Å². The number of phenols is 1. The van der Waals surface area contributed by atoms with E-state index in [1.807, 2.05) is 18.2 Å². The van der Waals surface area contributed by atoms with Crippen LogP contribution in [0, 0.1) is 0 Å². The molecule has 0 aliphatic carbocycles. The van der Waals surface area contributed by atoms with Crippen LogP contribution in [0.15, 0.2) is 22.7 Å². The number of aromatic hydroxyl groups is 1. The van der Waals surface area contributed by atoms with Crippen molar-refractivity contribution in [3.63, 3.8) is 0 Å². The molecule has 1 N–H and O–H groups in total. The van der Waals surface area contributed by atoms with Gasteiger partial charge in [-0.25, -0.2) is 0 Å². The van der Waals surface area contributed by atoms with E-state index in [2.05, 4.69) is 34.7 Å². The lowest BCUT2D eigenvalue weighted by atomic mass is 10.2. The summed E-state index contributed by atoms with van der Waals surface area (Å²) in [5.41, 5.74) is 0.986. The van der Waals surface area contributed by atoms with Crippen LogP contribution >= 0.6 is 15.9 Å². The minimum atomic E-state index is 0.368. The van der Waals surface area contributed by atoms with E-state index < -0.39 is 0 Å². The second kappa shape index (κ2) is 6.13. The highest BCUT2D eigenvalue weighted by Gasteiger charge is 2.08. The molecule has 1 rings (SSSR count). The van der Waals surface area contributed by atoms with Crippen LogP contribution in [0.2, 0.25) is 0 Å². The van der Waals surface area contributed by atoms with Crippen molar-refractivity contribution >= 4 is 15.9 Å². The zero-order chi connectivity index (χ0) is 11.3. The number of halogens is 1. The summed E-state index contributed by atoms with van der Waals surface area (Å²) < 4.78 is 0.771. The summed E-state index contributed by atoms with van der Waals surface area (Å²) in [6.07, 6.45) is 1.14. The molecule has 15 heavy (non-hydrogen) atoms. The van der Waals surface area contributed by atoms with Gasteiger partial charge in [-0.2, -0.15) is 0 Å². The summed E-state index contributed by atoms with van der Waals surface area (Å²) in [7, 11) is 0. The van der Waals surface area contributed by atoms with Gasteiger partial charge in [0.25, 0.3) is 0 Å². The lowest BCUT2D eigenvalue weighted by Crippen LogP contribution is -2.23. The fourth-order valence-corrected chi connectivity index (χ4v) is 2.00. The maximum Gasteiger partial charge on any atom is 0.134 e. The van der Waals surface area contributed by atoms with Gasteiger partial charge in [0.2, 0.25) is 0 Å². The molecular formula is C12H18BrNO. The van der Waals surface area contributed by atoms with Gasteiger partial charge >= 0.3 is 0 Å². The largest absolute Gasteiger partial charge is 0.506 e. The molecule has 0 heterocycles. The fraction of sp³-hybridized carbons (Fsp3) is 0.500. The standard InChI is InChI=1S/C12H18BrNO/c1-3-8-14(4-2)9-10-6-5-7-11(13)12(10)15/h5-7,15H,3-4,8-9H2,1-2H3. The van der Waals surface area contributed by atoms with Gasteiger partial charge in [-0.15, -0.1) is 0 Å². The Labute approximate surface area is 100 Å². The van der Waals surface area contributed by atoms with E-state index >= 15 is 0 Å². The smallest absolute Gasteiger partial charge is 0.134 e. The lowest BCUT2D eigenvalue weighted by Gasteiger charge is -2.20. The molecular weight excluding hydrogens is 254 g/mol. The second-order valence-electron chi connectivity index (χ2n) is 3.62. The van der Waals surface area contributed by atoms with Crippen molar-refractivity contribution in [2.45, 2.75) is 26.8 Å². The van der Waals surface area contributed by atoms with Gasteiger partial charge < -0.3 is 5.11 Å². The Morgan fingerprint density at radius 1 is 1.33 bits per heavy atom. The van der Waals surface area contributed by atoms with E-state index in [1.165, 1.54) is 0 Å². The van der Waals surface area contributed by atoms with Gasteiger partial charge in [0, 0.05) is 12.1 Å². The molecule has 0 spiro atoms. The minimum Gasteiger partial charge on any atom is -0.506 e. The van der Waals surface area contributed by atoms with Crippen LogP contribution in [0.25, 0.3) is 0 Å². The van der Waals surface area contributed by atoms with Crippen LogP contribution in [-0.2, 0) is 6.54 Å². The molecule has 1 aromatic carbocycles. The molecule has 0 saturated carbocycles. The van der Waals surface area contributed by atoms with E-state index in [4.69, 9.17) is 0 Å². The molecule has 0 aliphatic heterocycles.